The molecule has 7 heteroatoms. The van der Waals surface area contributed by atoms with Gasteiger partial charge in [-0.1, -0.05) is 38.3 Å². The summed E-state index contributed by atoms with van der Waals surface area (Å²) in [5, 5.41) is 0. The van der Waals surface area contributed by atoms with Crippen LogP contribution in [0.25, 0.3) is 22.4 Å². The molecule has 33 heavy (non-hydrogen) atoms. The molecule has 1 saturated heterocycles. The van der Waals surface area contributed by atoms with Gasteiger partial charge in [-0.15, -0.1) is 0 Å². The molecule has 3 aromatic rings. The Kier molecular flexibility index (Phi) is 5.74. The summed E-state index contributed by atoms with van der Waals surface area (Å²) in [6.45, 7) is 6.21. The molecule has 0 radical (unpaired) electrons. The normalized spacial score (nSPS) is 19.0. The van der Waals surface area contributed by atoms with Gasteiger partial charge in [0, 0.05) is 49.0 Å². The molecule has 172 valence electrons. The topological polar surface area (TPSA) is 71.3 Å². The minimum absolute atomic E-state index is 0.0738. The Morgan fingerprint density at radius 3 is 2.39 bits per heavy atom. The Morgan fingerprint density at radius 1 is 1.03 bits per heavy atom. The number of anilines is 1. The van der Waals surface area contributed by atoms with Crippen LogP contribution in [0.2, 0.25) is 0 Å². The monoisotopic (exact) mass is 445 g/mol. The maximum absolute atomic E-state index is 13.5. The molecule has 0 bridgehead atoms. The predicted octanol–water partition coefficient (Wildman–Crippen LogP) is 4.04. The number of rotatable bonds is 5. The second kappa shape index (κ2) is 8.71. The molecule has 2 fully saturated rings. The summed E-state index contributed by atoms with van der Waals surface area (Å²) < 4.78 is 1.38. The minimum Gasteiger partial charge on any atom is -0.369 e. The zero-order valence-electron chi connectivity index (χ0n) is 19.5. The van der Waals surface area contributed by atoms with E-state index in [-0.39, 0.29) is 5.78 Å². The molecule has 2 aliphatic rings. The number of benzene rings is 1. The van der Waals surface area contributed by atoms with Gasteiger partial charge in [0.15, 0.2) is 11.4 Å². The van der Waals surface area contributed by atoms with Gasteiger partial charge in [0.2, 0.25) is 6.41 Å². The molecule has 1 aliphatic carbocycles. The SMILES string of the molecule is CN1CCN(c2ccc(-c3cnc4c(n3)c(C(=O)C3(C)CCCCC3)cn4C=O)cc2)CC1. The first kappa shape index (κ1) is 21.8. The Morgan fingerprint density at radius 2 is 1.73 bits per heavy atom. The Balaban J connectivity index is 1.48. The first-order valence-electron chi connectivity index (χ1n) is 11.9. The molecule has 0 spiro atoms. The van der Waals surface area contributed by atoms with Crippen LogP contribution in [0.4, 0.5) is 5.69 Å². The van der Waals surface area contributed by atoms with Gasteiger partial charge in [-0.3, -0.25) is 14.2 Å². The lowest BCUT2D eigenvalue weighted by Crippen LogP contribution is -2.44. The highest BCUT2D eigenvalue weighted by atomic mass is 16.1. The number of piperazine rings is 1. The highest BCUT2D eigenvalue weighted by Crippen LogP contribution is 2.40. The predicted molar refractivity (Wildman–Crippen MR) is 130 cm³/mol. The molecule has 0 N–H and O–H groups in total. The van der Waals surface area contributed by atoms with E-state index in [1.165, 1.54) is 16.7 Å². The second-order valence-electron chi connectivity index (χ2n) is 9.77. The van der Waals surface area contributed by atoms with E-state index >= 15 is 0 Å². The van der Waals surface area contributed by atoms with Crippen LogP contribution in [0.3, 0.4) is 0 Å². The van der Waals surface area contributed by atoms with E-state index in [9.17, 15) is 9.59 Å². The van der Waals surface area contributed by atoms with E-state index in [2.05, 4.69) is 46.1 Å². The minimum atomic E-state index is -0.401. The van der Waals surface area contributed by atoms with Crippen molar-refractivity contribution in [2.75, 3.05) is 38.1 Å². The second-order valence-corrected chi connectivity index (χ2v) is 9.77. The summed E-state index contributed by atoms with van der Waals surface area (Å²) in [5.41, 5.74) is 3.91. The van der Waals surface area contributed by atoms with E-state index in [4.69, 9.17) is 4.98 Å². The van der Waals surface area contributed by atoms with Crippen LogP contribution in [0.5, 0.6) is 0 Å². The number of Topliss-reactive ketones (excluding diaryl/α,β-unsaturated/α-hetero) is 1. The van der Waals surface area contributed by atoms with E-state index in [1.807, 2.05) is 6.92 Å². The fourth-order valence-corrected chi connectivity index (χ4v) is 5.19. The van der Waals surface area contributed by atoms with Crippen LogP contribution in [0.1, 0.15) is 49.4 Å². The summed E-state index contributed by atoms with van der Waals surface area (Å²) in [6.07, 6.45) is 9.04. The Hall–Kier alpha value is -3.06. The molecule has 5 rings (SSSR count). The third-order valence-corrected chi connectivity index (χ3v) is 7.42. The maximum atomic E-state index is 13.5. The quantitative estimate of drug-likeness (QED) is 0.436. The van der Waals surface area contributed by atoms with Gasteiger partial charge in [0.05, 0.1) is 17.5 Å². The van der Waals surface area contributed by atoms with Crippen molar-refractivity contribution in [1.29, 1.82) is 0 Å². The van der Waals surface area contributed by atoms with Crippen molar-refractivity contribution in [2.24, 2.45) is 5.41 Å². The molecule has 1 aromatic carbocycles. The van der Waals surface area contributed by atoms with Crippen LogP contribution in [0, 0.1) is 5.41 Å². The lowest BCUT2D eigenvalue weighted by molar-refractivity contribution is 0.0751. The third kappa shape index (κ3) is 4.06. The fourth-order valence-electron chi connectivity index (χ4n) is 5.19. The van der Waals surface area contributed by atoms with Crippen molar-refractivity contribution in [3.8, 4) is 11.3 Å². The van der Waals surface area contributed by atoms with Gasteiger partial charge in [-0.05, 0) is 32.0 Å². The zero-order chi connectivity index (χ0) is 23.0. The zero-order valence-corrected chi connectivity index (χ0v) is 19.5. The number of nitrogens with zero attached hydrogens (tertiary/aromatic N) is 5. The van der Waals surface area contributed by atoms with Gasteiger partial charge in [-0.25, -0.2) is 9.97 Å². The standard InChI is InChI=1S/C26H31N5O2/c1-26(10-4-3-5-11-26)24(33)21-17-31(18-32)25-23(21)28-22(16-27-25)19-6-8-20(9-7-19)30-14-12-29(2)13-15-30/h6-9,16-18H,3-5,10-15H2,1-2H3. The number of aromatic nitrogens is 3. The highest BCUT2D eigenvalue weighted by molar-refractivity contribution is 6.09. The molecular weight excluding hydrogens is 414 g/mol. The summed E-state index contributed by atoms with van der Waals surface area (Å²) in [7, 11) is 2.15. The Bertz CT molecular complexity index is 1170. The van der Waals surface area contributed by atoms with Crippen molar-refractivity contribution in [3.63, 3.8) is 0 Å². The van der Waals surface area contributed by atoms with Crippen LogP contribution in [0.15, 0.2) is 36.7 Å². The van der Waals surface area contributed by atoms with Crippen molar-refractivity contribution >= 4 is 29.0 Å². The number of ketones is 1. The van der Waals surface area contributed by atoms with E-state index in [1.54, 1.807) is 12.4 Å². The van der Waals surface area contributed by atoms with Crippen LogP contribution < -0.4 is 4.90 Å². The summed E-state index contributed by atoms with van der Waals surface area (Å²) in [4.78, 5) is 39.3. The molecule has 3 heterocycles. The first-order valence-corrected chi connectivity index (χ1v) is 11.9. The number of carbonyl (C=O) groups excluding carboxylic acids is 2. The molecule has 0 unspecified atom stereocenters. The number of hydrogen-bond donors (Lipinski definition) is 0. The van der Waals surface area contributed by atoms with Crippen LogP contribution in [-0.4, -0.2) is 64.9 Å². The summed E-state index contributed by atoms with van der Waals surface area (Å²) in [6, 6.07) is 8.37. The molecule has 0 amide bonds. The van der Waals surface area contributed by atoms with Gasteiger partial charge in [0.1, 0.15) is 5.52 Å². The van der Waals surface area contributed by atoms with Crippen LogP contribution in [-0.2, 0) is 4.79 Å². The number of fused-ring (bicyclic) bond motifs is 1. The highest BCUT2D eigenvalue weighted by Gasteiger charge is 2.37. The smallest absolute Gasteiger partial charge is 0.219 e. The van der Waals surface area contributed by atoms with Gasteiger partial charge < -0.3 is 9.80 Å². The average molecular weight is 446 g/mol. The van der Waals surface area contributed by atoms with E-state index in [0.29, 0.717) is 28.8 Å². The van der Waals surface area contributed by atoms with E-state index < -0.39 is 5.41 Å². The van der Waals surface area contributed by atoms with Crippen molar-refractivity contribution in [1.82, 2.24) is 19.4 Å². The van der Waals surface area contributed by atoms with Gasteiger partial charge in [-0.2, -0.15) is 0 Å². The van der Waals surface area contributed by atoms with Gasteiger partial charge in [0.25, 0.3) is 0 Å². The average Bonchev–Trinajstić information content (AvgIpc) is 3.22. The largest absolute Gasteiger partial charge is 0.369 e. The van der Waals surface area contributed by atoms with Crippen LogP contribution >= 0.6 is 0 Å². The summed E-state index contributed by atoms with van der Waals surface area (Å²) >= 11 is 0. The van der Waals surface area contributed by atoms with Gasteiger partial charge >= 0.3 is 0 Å². The van der Waals surface area contributed by atoms with Crippen molar-refractivity contribution in [3.05, 3.63) is 42.2 Å². The lowest BCUT2D eigenvalue weighted by atomic mass is 9.71. The Labute approximate surface area is 194 Å². The maximum Gasteiger partial charge on any atom is 0.219 e. The fraction of sp³-hybridized carbons (Fsp3) is 0.462. The van der Waals surface area contributed by atoms with Crippen molar-refractivity contribution < 1.29 is 9.59 Å². The first-order chi connectivity index (χ1) is 16.0. The number of likely N-dealkylation sites (N-methyl/N-ethyl adjacent to an activating group) is 1. The number of hydrogen-bond acceptors (Lipinski definition) is 6. The molecule has 7 nitrogen and oxygen atoms in total. The molecule has 1 saturated carbocycles. The summed E-state index contributed by atoms with van der Waals surface area (Å²) in [5.74, 6) is 0.0738. The molecule has 1 aliphatic heterocycles. The van der Waals surface area contributed by atoms with Crippen molar-refractivity contribution in [2.45, 2.75) is 39.0 Å². The molecular formula is C26H31N5O2. The molecule has 2 aromatic heterocycles. The molecule has 0 atom stereocenters. The van der Waals surface area contributed by atoms with E-state index in [0.717, 1.165) is 57.4 Å². The third-order valence-electron chi connectivity index (χ3n) is 7.42. The number of carbonyl (C=O) groups is 2. The lowest BCUT2D eigenvalue weighted by Gasteiger charge is -2.34.